The zero-order valence-electron chi connectivity index (χ0n) is 10.1. The van der Waals surface area contributed by atoms with E-state index in [1.165, 1.54) is 25.7 Å². The van der Waals surface area contributed by atoms with Crippen LogP contribution >= 0.6 is 0 Å². The van der Waals surface area contributed by atoms with Crippen LogP contribution in [-0.2, 0) is 7.05 Å². The Hall–Kier alpha value is -1.45. The van der Waals surface area contributed by atoms with Crippen LogP contribution in [0.25, 0.3) is 0 Å². The minimum absolute atomic E-state index is 0.0213. The van der Waals surface area contributed by atoms with Gasteiger partial charge in [-0.15, -0.1) is 0 Å². The van der Waals surface area contributed by atoms with Crippen molar-refractivity contribution in [1.82, 2.24) is 9.88 Å². The molecule has 4 nitrogen and oxygen atoms in total. The zero-order valence-corrected chi connectivity index (χ0v) is 10.1. The molecule has 1 aromatic heterocycles. The van der Waals surface area contributed by atoms with E-state index in [4.69, 9.17) is 5.73 Å². The Morgan fingerprint density at radius 1 is 1.41 bits per heavy atom. The number of nitrogen functional groups attached to an aromatic ring is 1. The van der Waals surface area contributed by atoms with Crippen molar-refractivity contribution in [3.05, 3.63) is 18.0 Å². The van der Waals surface area contributed by atoms with E-state index in [-0.39, 0.29) is 5.91 Å². The third-order valence-corrected chi connectivity index (χ3v) is 3.82. The molecule has 2 aliphatic carbocycles. The van der Waals surface area contributed by atoms with Gasteiger partial charge in [0.2, 0.25) is 0 Å². The number of anilines is 1. The Balaban J connectivity index is 1.71. The van der Waals surface area contributed by atoms with Crippen LogP contribution in [0, 0.1) is 11.8 Å². The lowest BCUT2D eigenvalue weighted by molar-refractivity contribution is 0.0918. The summed E-state index contributed by atoms with van der Waals surface area (Å²) in [6.07, 6.45) is 6.87. The number of carbonyl (C=O) groups is 1. The van der Waals surface area contributed by atoms with Crippen LogP contribution in [0.5, 0.6) is 0 Å². The third-order valence-electron chi connectivity index (χ3n) is 3.82. The molecule has 0 aromatic carbocycles. The molecule has 17 heavy (non-hydrogen) atoms. The predicted octanol–water partition coefficient (Wildman–Crippen LogP) is 1.53. The zero-order chi connectivity index (χ0) is 12.0. The molecule has 2 aliphatic rings. The highest BCUT2D eigenvalue weighted by atomic mass is 16.2. The molecule has 4 heteroatoms. The minimum atomic E-state index is 0.0213. The van der Waals surface area contributed by atoms with E-state index in [0.29, 0.717) is 17.4 Å². The topological polar surface area (TPSA) is 60.0 Å². The van der Waals surface area contributed by atoms with E-state index in [9.17, 15) is 4.79 Å². The molecule has 92 valence electrons. The molecule has 0 atom stereocenters. The molecule has 3 N–H and O–H groups in total. The van der Waals surface area contributed by atoms with Crippen molar-refractivity contribution < 1.29 is 4.79 Å². The molecule has 0 radical (unpaired) electrons. The average Bonchev–Trinajstić information content (AvgIpc) is 3.13. The lowest BCUT2D eigenvalue weighted by atomic mass is 10.1. The fourth-order valence-electron chi connectivity index (χ4n) is 2.57. The summed E-state index contributed by atoms with van der Waals surface area (Å²) in [4.78, 5) is 12.2. The van der Waals surface area contributed by atoms with Crippen LogP contribution < -0.4 is 11.1 Å². The molecule has 2 fully saturated rings. The Kier molecular flexibility index (Phi) is 2.38. The summed E-state index contributed by atoms with van der Waals surface area (Å²) in [6.45, 7) is 0. The van der Waals surface area contributed by atoms with Gasteiger partial charge < -0.3 is 15.6 Å². The molecule has 0 aliphatic heterocycles. The average molecular weight is 233 g/mol. The summed E-state index contributed by atoms with van der Waals surface area (Å²) in [7, 11) is 1.86. The monoisotopic (exact) mass is 233 g/mol. The van der Waals surface area contributed by atoms with Crippen molar-refractivity contribution in [1.29, 1.82) is 0 Å². The molecule has 3 rings (SSSR count). The lowest BCUT2D eigenvalue weighted by Gasteiger charge is -2.17. The van der Waals surface area contributed by atoms with Gasteiger partial charge in [0.15, 0.2) is 0 Å². The maximum atomic E-state index is 12.2. The van der Waals surface area contributed by atoms with Gasteiger partial charge in [0.1, 0.15) is 5.69 Å². The van der Waals surface area contributed by atoms with Crippen LogP contribution in [-0.4, -0.2) is 16.5 Å². The van der Waals surface area contributed by atoms with E-state index < -0.39 is 0 Å². The molecule has 0 bridgehead atoms. The van der Waals surface area contributed by atoms with E-state index in [0.717, 1.165) is 11.8 Å². The Labute approximate surface area is 101 Å². The van der Waals surface area contributed by atoms with Crippen LogP contribution in [0.4, 0.5) is 5.69 Å². The first-order valence-electron chi connectivity index (χ1n) is 6.38. The maximum Gasteiger partial charge on any atom is 0.268 e. The largest absolute Gasteiger partial charge is 0.397 e. The number of hydrogen-bond donors (Lipinski definition) is 2. The summed E-state index contributed by atoms with van der Waals surface area (Å²) in [6, 6.07) is 2.14. The Bertz CT molecular complexity index is 432. The first kappa shape index (κ1) is 10.7. The van der Waals surface area contributed by atoms with E-state index >= 15 is 0 Å². The van der Waals surface area contributed by atoms with Crippen molar-refractivity contribution in [2.24, 2.45) is 18.9 Å². The smallest absolute Gasteiger partial charge is 0.268 e. The Morgan fingerprint density at radius 2 is 2.00 bits per heavy atom. The number of aryl methyl sites for hydroxylation is 1. The predicted molar refractivity (Wildman–Crippen MR) is 66.5 cm³/mol. The number of nitrogens with zero attached hydrogens (tertiary/aromatic N) is 1. The second kappa shape index (κ2) is 3.79. The molecule has 1 amide bonds. The highest BCUT2D eigenvalue weighted by Crippen LogP contribution is 2.44. The van der Waals surface area contributed by atoms with Crippen molar-refractivity contribution in [3.63, 3.8) is 0 Å². The van der Waals surface area contributed by atoms with Gasteiger partial charge in [-0.25, -0.2) is 0 Å². The third kappa shape index (κ3) is 2.16. The van der Waals surface area contributed by atoms with Crippen molar-refractivity contribution in [2.45, 2.75) is 31.7 Å². The summed E-state index contributed by atoms with van der Waals surface area (Å²) < 4.78 is 1.79. The first-order chi connectivity index (χ1) is 8.15. The van der Waals surface area contributed by atoms with Crippen LogP contribution in [0.1, 0.15) is 36.2 Å². The lowest BCUT2D eigenvalue weighted by Crippen LogP contribution is -2.38. The summed E-state index contributed by atoms with van der Waals surface area (Å²) >= 11 is 0. The number of aromatic nitrogens is 1. The molecule has 0 unspecified atom stereocenters. The minimum Gasteiger partial charge on any atom is -0.397 e. The Morgan fingerprint density at radius 3 is 2.41 bits per heavy atom. The van der Waals surface area contributed by atoms with Crippen molar-refractivity contribution in [3.8, 4) is 0 Å². The quantitative estimate of drug-likeness (QED) is 0.828. The molecular weight excluding hydrogens is 214 g/mol. The van der Waals surface area contributed by atoms with Gasteiger partial charge in [0.05, 0.1) is 5.69 Å². The van der Waals surface area contributed by atoms with E-state index in [2.05, 4.69) is 5.32 Å². The van der Waals surface area contributed by atoms with Crippen LogP contribution in [0.15, 0.2) is 12.3 Å². The van der Waals surface area contributed by atoms with Gasteiger partial charge in [0.25, 0.3) is 5.91 Å². The van der Waals surface area contributed by atoms with Crippen molar-refractivity contribution in [2.75, 3.05) is 5.73 Å². The van der Waals surface area contributed by atoms with Crippen LogP contribution in [0.3, 0.4) is 0 Å². The molecular formula is C13H19N3O. The second-order valence-electron chi connectivity index (χ2n) is 5.44. The summed E-state index contributed by atoms with van der Waals surface area (Å²) in [5, 5.41) is 3.20. The SMILES string of the molecule is Cn1cc(N)cc1C(=O)NC(C1CC1)C1CC1. The van der Waals surface area contributed by atoms with Gasteiger partial charge in [-0.1, -0.05) is 0 Å². The van der Waals surface area contributed by atoms with Gasteiger partial charge in [-0.05, 0) is 43.6 Å². The standard InChI is InChI=1S/C13H19N3O/c1-16-7-10(14)6-11(16)13(17)15-12(8-2-3-8)9-4-5-9/h6-9,12H,2-5,14H2,1H3,(H,15,17). The number of nitrogens with two attached hydrogens (primary N) is 1. The van der Waals surface area contributed by atoms with Gasteiger partial charge in [-0.2, -0.15) is 0 Å². The van der Waals surface area contributed by atoms with Gasteiger partial charge >= 0.3 is 0 Å². The number of nitrogens with one attached hydrogen (secondary N) is 1. The summed E-state index contributed by atoms with van der Waals surface area (Å²) in [5.74, 6) is 1.47. The summed E-state index contributed by atoms with van der Waals surface area (Å²) in [5.41, 5.74) is 7.00. The number of carbonyl (C=O) groups excluding carboxylic acids is 1. The highest BCUT2D eigenvalue weighted by Gasteiger charge is 2.42. The molecule has 0 saturated heterocycles. The maximum absolute atomic E-state index is 12.2. The van der Waals surface area contributed by atoms with Crippen molar-refractivity contribution >= 4 is 11.6 Å². The second-order valence-corrected chi connectivity index (χ2v) is 5.44. The number of rotatable bonds is 4. The van der Waals surface area contributed by atoms with E-state index in [1.54, 1.807) is 16.8 Å². The van der Waals surface area contributed by atoms with Crippen LogP contribution in [0.2, 0.25) is 0 Å². The molecule has 0 spiro atoms. The molecule has 1 aromatic rings. The fraction of sp³-hybridized carbons (Fsp3) is 0.615. The van der Waals surface area contributed by atoms with E-state index in [1.807, 2.05) is 7.05 Å². The molecule has 1 heterocycles. The van der Waals surface area contributed by atoms with Gasteiger partial charge in [-0.3, -0.25) is 4.79 Å². The highest BCUT2D eigenvalue weighted by molar-refractivity contribution is 5.94. The molecule has 2 saturated carbocycles. The normalized spacial score (nSPS) is 19.6. The number of amides is 1. The van der Waals surface area contributed by atoms with Gasteiger partial charge in [0, 0.05) is 19.3 Å². The first-order valence-corrected chi connectivity index (χ1v) is 6.38. The number of hydrogen-bond acceptors (Lipinski definition) is 2. The fourth-order valence-corrected chi connectivity index (χ4v) is 2.57.